The van der Waals surface area contributed by atoms with Crippen molar-refractivity contribution in [3.63, 3.8) is 0 Å². The predicted octanol–water partition coefficient (Wildman–Crippen LogP) is -0.555. The molecule has 2 aromatic rings. The molecule has 0 unspecified atom stereocenters. The first-order valence-electron chi connectivity index (χ1n) is 6.19. The zero-order chi connectivity index (χ0) is 14.6. The van der Waals surface area contributed by atoms with Crippen LogP contribution in [0.1, 0.15) is 13.3 Å². The molecule has 2 aromatic heterocycles. The molecule has 10 heteroatoms. The lowest BCUT2D eigenvalue weighted by Crippen LogP contribution is -2.26. The van der Waals surface area contributed by atoms with Crippen LogP contribution in [0.25, 0.3) is 0 Å². The van der Waals surface area contributed by atoms with Crippen molar-refractivity contribution in [3.05, 3.63) is 18.6 Å². The molecular weight excluding hydrogens is 282 g/mol. The first-order valence-corrected chi connectivity index (χ1v) is 7.68. The van der Waals surface area contributed by atoms with Crippen LogP contribution in [0.4, 0.5) is 5.82 Å². The average Bonchev–Trinajstić information content (AvgIpc) is 3.04. The maximum atomic E-state index is 12.1. The molecule has 2 rings (SSSR count). The highest BCUT2D eigenvalue weighted by Gasteiger charge is 2.20. The Morgan fingerprint density at radius 1 is 1.40 bits per heavy atom. The summed E-state index contributed by atoms with van der Waals surface area (Å²) in [4.78, 5) is 0.0140. The molecule has 20 heavy (non-hydrogen) atoms. The molecule has 0 aliphatic heterocycles. The van der Waals surface area contributed by atoms with Crippen LogP contribution in [0.3, 0.4) is 0 Å². The molecule has 0 radical (unpaired) electrons. The van der Waals surface area contributed by atoms with Gasteiger partial charge in [-0.05, 0) is 13.3 Å². The van der Waals surface area contributed by atoms with Gasteiger partial charge in [-0.2, -0.15) is 5.10 Å². The smallest absolute Gasteiger partial charge is 0.245 e. The summed E-state index contributed by atoms with van der Waals surface area (Å²) in [6, 6.07) is 0. The maximum Gasteiger partial charge on any atom is 0.245 e. The highest BCUT2D eigenvalue weighted by Crippen LogP contribution is 2.15. The van der Waals surface area contributed by atoms with Gasteiger partial charge < -0.3 is 5.73 Å². The number of sulfonamides is 1. The number of nitrogen functional groups attached to an aromatic ring is 1. The molecule has 0 aliphatic rings. The van der Waals surface area contributed by atoms with Crippen molar-refractivity contribution in [2.45, 2.75) is 31.3 Å². The van der Waals surface area contributed by atoms with Gasteiger partial charge >= 0.3 is 0 Å². The molecule has 0 saturated carbocycles. The second kappa shape index (κ2) is 6.01. The molecule has 110 valence electrons. The highest BCUT2D eigenvalue weighted by molar-refractivity contribution is 7.89. The van der Waals surface area contributed by atoms with Crippen LogP contribution in [0.15, 0.2) is 23.5 Å². The van der Waals surface area contributed by atoms with Gasteiger partial charge in [0, 0.05) is 32.0 Å². The first-order chi connectivity index (χ1) is 9.53. The highest BCUT2D eigenvalue weighted by atomic mass is 32.2. The Balaban J connectivity index is 1.91. The summed E-state index contributed by atoms with van der Waals surface area (Å²) >= 11 is 0. The lowest BCUT2D eigenvalue weighted by molar-refractivity contribution is 0.542. The number of hydrogen-bond acceptors (Lipinski definition) is 6. The van der Waals surface area contributed by atoms with Crippen LogP contribution in [-0.2, 0) is 23.1 Å². The van der Waals surface area contributed by atoms with Crippen LogP contribution in [-0.4, -0.2) is 39.7 Å². The fourth-order valence-corrected chi connectivity index (χ4v) is 2.81. The molecule has 0 fully saturated rings. The number of hydrogen-bond donors (Lipinski definition) is 2. The minimum atomic E-state index is -3.62. The molecule has 0 atom stereocenters. The van der Waals surface area contributed by atoms with Gasteiger partial charge in [0.2, 0.25) is 10.0 Å². The third kappa shape index (κ3) is 3.33. The zero-order valence-corrected chi connectivity index (χ0v) is 11.9. The van der Waals surface area contributed by atoms with E-state index in [4.69, 9.17) is 5.73 Å². The number of anilines is 1. The molecule has 0 aromatic carbocycles. The van der Waals surface area contributed by atoms with Crippen molar-refractivity contribution in [2.24, 2.45) is 0 Å². The van der Waals surface area contributed by atoms with Gasteiger partial charge in [0.1, 0.15) is 4.90 Å². The molecule has 2 heterocycles. The van der Waals surface area contributed by atoms with Crippen LogP contribution in [0, 0.1) is 0 Å². The predicted molar refractivity (Wildman–Crippen MR) is 72.1 cm³/mol. The molecule has 0 bridgehead atoms. The Labute approximate surface area is 116 Å². The summed E-state index contributed by atoms with van der Waals surface area (Å²) in [5.41, 5.74) is 5.61. The van der Waals surface area contributed by atoms with E-state index in [0.717, 1.165) is 0 Å². The number of aryl methyl sites for hydroxylation is 2. The second-order valence-corrected chi connectivity index (χ2v) is 5.89. The summed E-state index contributed by atoms with van der Waals surface area (Å²) in [5, 5.41) is 11.4. The normalized spacial score (nSPS) is 11.8. The number of aromatic nitrogens is 5. The van der Waals surface area contributed by atoms with E-state index in [1.54, 1.807) is 17.1 Å². The van der Waals surface area contributed by atoms with Crippen LogP contribution >= 0.6 is 0 Å². The first kappa shape index (κ1) is 14.5. The fraction of sp³-hybridized carbons (Fsp3) is 0.500. The molecule has 0 saturated heterocycles. The van der Waals surface area contributed by atoms with E-state index in [9.17, 15) is 8.42 Å². The summed E-state index contributed by atoms with van der Waals surface area (Å²) in [7, 11) is -3.62. The standard InChI is InChI=1S/C10H17N7O2S/c1-2-16-8-9(10(11)14-16)20(18,19)13-4-3-6-17-7-5-12-15-17/h5,7-8,13H,2-4,6H2,1H3,(H2,11,14). The number of nitrogens with one attached hydrogen (secondary N) is 1. The third-order valence-electron chi connectivity index (χ3n) is 2.70. The molecule has 0 spiro atoms. The van der Waals surface area contributed by atoms with E-state index >= 15 is 0 Å². The summed E-state index contributed by atoms with van der Waals surface area (Å²) in [5.74, 6) is 0.00984. The van der Waals surface area contributed by atoms with Gasteiger partial charge in [-0.15, -0.1) is 5.10 Å². The number of rotatable bonds is 7. The largest absolute Gasteiger partial charge is 0.381 e. The van der Waals surface area contributed by atoms with Crippen molar-refractivity contribution < 1.29 is 8.42 Å². The van der Waals surface area contributed by atoms with E-state index in [-0.39, 0.29) is 10.7 Å². The minimum Gasteiger partial charge on any atom is -0.381 e. The van der Waals surface area contributed by atoms with Gasteiger partial charge in [-0.1, -0.05) is 5.21 Å². The molecular formula is C10H17N7O2S. The fourth-order valence-electron chi connectivity index (χ4n) is 1.66. The van der Waals surface area contributed by atoms with E-state index in [0.29, 0.717) is 26.1 Å². The van der Waals surface area contributed by atoms with Crippen molar-refractivity contribution in [3.8, 4) is 0 Å². The Hall–Kier alpha value is -1.94. The second-order valence-electron chi connectivity index (χ2n) is 4.15. The van der Waals surface area contributed by atoms with Crippen molar-refractivity contribution in [1.82, 2.24) is 29.5 Å². The summed E-state index contributed by atoms with van der Waals surface area (Å²) in [6.07, 6.45) is 5.32. The number of nitrogens with zero attached hydrogens (tertiary/aromatic N) is 5. The van der Waals surface area contributed by atoms with E-state index in [1.165, 1.54) is 10.9 Å². The summed E-state index contributed by atoms with van der Waals surface area (Å²) < 4.78 is 29.7. The quantitative estimate of drug-likeness (QED) is 0.661. The molecule has 0 amide bonds. The monoisotopic (exact) mass is 299 g/mol. The topological polar surface area (TPSA) is 121 Å². The van der Waals surface area contributed by atoms with Gasteiger partial charge in [-0.3, -0.25) is 9.36 Å². The van der Waals surface area contributed by atoms with Crippen LogP contribution < -0.4 is 10.5 Å². The van der Waals surface area contributed by atoms with Crippen LogP contribution in [0.5, 0.6) is 0 Å². The lowest BCUT2D eigenvalue weighted by Gasteiger charge is -2.05. The van der Waals surface area contributed by atoms with E-state index in [2.05, 4.69) is 20.1 Å². The summed E-state index contributed by atoms with van der Waals surface area (Å²) in [6.45, 7) is 3.30. The van der Waals surface area contributed by atoms with Crippen molar-refractivity contribution >= 4 is 15.8 Å². The van der Waals surface area contributed by atoms with Crippen LogP contribution in [0.2, 0.25) is 0 Å². The Kier molecular flexibility index (Phi) is 4.35. The SMILES string of the molecule is CCn1cc(S(=O)(=O)NCCCn2ccnn2)c(N)n1. The third-order valence-corrected chi connectivity index (χ3v) is 4.17. The lowest BCUT2D eigenvalue weighted by atomic mass is 10.4. The Morgan fingerprint density at radius 3 is 2.80 bits per heavy atom. The zero-order valence-electron chi connectivity index (χ0n) is 11.1. The maximum absolute atomic E-state index is 12.1. The average molecular weight is 299 g/mol. The van der Waals surface area contributed by atoms with E-state index < -0.39 is 10.0 Å². The van der Waals surface area contributed by atoms with Gasteiger partial charge in [-0.25, -0.2) is 13.1 Å². The molecule has 3 N–H and O–H groups in total. The Morgan fingerprint density at radius 2 is 2.20 bits per heavy atom. The molecule has 0 aliphatic carbocycles. The molecule has 9 nitrogen and oxygen atoms in total. The number of nitrogens with two attached hydrogens (primary N) is 1. The minimum absolute atomic E-state index is 0.00984. The van der Waals surface area contributed by atoms with Gasteiger partial charge in [0.15, 0.2) is 5.82 Å². The van der Waals surface area contributed by atoms with Gasteiger partial charge in [0.05, 0.1) is 6.20 Å². The Bertz CT molecular complexity index is 647. The van der Waals surface area contributed by atoms with E-state index in [1.807, 2.05) is 6.92 Å². The van der Waals surface area contributed by atoms with Crippen molar-refractivity contribution in [1.29, 1.82) is 0 Å². The van der Waals surface area contributed by atoms with Crippen molar-refractivity contribution in [2.75, 3.05) is 12.3 Å². The van der Waals surface area contributed by atoms with Gasteiger partial charge in [0.25, 0.3) is 0 Å².